The monoisotopic (exact) mass is 387 g/mol. The van der Waals surface area contributed by atoms with Crippen molar-refractivity contribution in [3.63, 3.8) is 0 Å². The minimum absolute atomic E-state index is 0.0316. The predicted octanol–water partition coefficient (Wildman–Crippen LogP) is 2.37. The SMILES string of the molecule is CN(CCCNS(=O)(=O)c1ccc2c(c1)CCC(=O)N2)Cc1ccccc1. The van der Waals surface area contributed by atoms with E-state index in [1.54, 1.807) is 12.1 Å². The van der Waals surface area contributed by atoms with E-state index in [1.165, 1.54) is 11.6 Å². The van der Waals surface area contributed by atoms with Gasteiger partial charge in [0.25, 0.3) is 0 Å². The van der Waals surface area contributed by atoms with Crippen molar-refractivity contribution in [1.29, 1.82) is 0 Å². The lowest BCUT2D eigenvalue weighted by Gasteiger charge is -2.18. The second kappa shape index (κ2) is 8.65. The van der Waals surface area contributed by atoms with Crippen LogP contribution < -0.4 is 10.0 Å². The largest absolute Gasteiger partial charge is 0.326 e. The third-order valence-corrected chi connectivity index (χ3v) is 6.05. The van der Waals surface area contributed by atoms with E-state index >= 15 is 0 Å². The van der Waals surface area contributed by atoms with Crippen molar-refractivity contribution in [3.8, 4) is 0 Å². The number of hydrogen-bond donors (Lipinski definition) is 2. The molecule has 1 heterocycles. The van der Waals surface area contributed by atoms with E-state index in [0.717, 1.165) is 25.1 Å². The van der Waals surface area contributed by atoms with Crippen LogP contribution in [-0.2, 0) is 27.8 Å². The molecule has 144 valence electrons. The Kier molecular flexibility index (Phi) is 6.26. The van der Waals surface area contributed by atoms with Crippen LogP contribution in [0.2, 0.25) is 0 Å². The van der Waals surface area contributed by atoms with E-state index in [9.17, 15) is 13.2 Å². The van der Waals surface area contributed by atoms with Crippen molar-refractivity contribution in [2.24, 2.45) is 0 Å². The van der Waals surface area contributed by atoms with Crippen molar-refractivity contribution >= 4 is 21.6 Å². The van der Waals surface area contributed by atoms with Crippen LogP contribution in [-0.4, -0.2) is 39.4 Å². The number of benzene rings is 2. The summed E-state index contributed by atoms with van der Waals surface area (Å²) in [6.07, 6.45) is 1.68. The molecule has 0 saturated carbocycles. The number of rotatable bonds is 8. The first-order valence-corrected chi connectivity index (χ1v) is 10.6. The van der Waals surface area contributed by atoms with Crippen LogP contribution in [0.4, 0.5) is 5.69 Å². The molecule has 2 aromatic carbocycles. The molecular formula is C20H25N3O3S. The summed E-state index contributed by atoms with van der Waals surface area (Å²) in [6, 6.07) is 15.0. The number of fused-ring (bicyclic) bond motifs is 1. The number of amides is 1. The summed E-state index contributed by atoms with van der Waals surface area (Å²) >= 11 is 0. The molecule has 2 aromatic rings. The molecule has 0 aliphatic carbocycles. The van der Waals surface area contributed by atoms with Crippen molar-refractivity contribution in [3.05, 3.63) is 59.7 Å². The maximum Gasteiger partial charge on any atom is 0.240 e. The quantitative estimate of drug-likeness (QED) is 0.682. The van der Waals surface area contributed by atoms with E-state index in [1.807, 2.05) is 25.2 Å². The van der Waals surface area contributed by atoms with Crippen molar-refractivity contribution in [1.82, 2.24) is 9.62 Å². The lowest BCUT2D eigenvalue weighted by atomic mass is 10.0. The van der Waals surface area contributed by atoms with Crippen molar-refractivity contribution in [2.45, 2.75) is 30.7 Å². The third kappa shape index (κ3) is 5.38. The molecular weight excluding hydrogens is 362 g/mol. The van der Waals surface area contributed by atoms with Crippen molar-refractivity contribution < 1.29 is 13.2 Å². The molecule has 0 unspecified atom stereocenters. The van der Waals surface area contributed by atoms with Gasteiger partial charge in [-0.15, -0.1) is 0 Å². The van der Waals surface area contributed by atoms with Gasteiger partial charge in [-0.1, -0.05) is 30.3 Å². The van der Waals surface area contributed by atoms with Gasteiger partial charge >= 0.3 is 0 Å². The van der Waals surface area contributed by atoms with Crippen LogP contribution in [0, 0.1) is 0 Å². The van der Waals surface area contributed by atoms with Gasteiger partial charge in [-0.25, -0.2) is 13.1 Å². The van der Waals surface area contributed by atoms with Gasteiger partial charge in [0.15, 0.2) is 0 Å². The fourth-order valence-electron chi connectivity index (χ4n) is 3.14. The minimum Gasteiger partial charge on any atom is -0.326 e. The number of carbonyl (C=O) groups excluding carboxylic acids is 1. The molecule has 1 aliphatic rings. The highest BCUT2D eigenvalue weighted by Crippen LogP contribution is 2.25. The Morgan fingerprint density at radius 3 is 2.67 bits per heavy atom. The van der Waals surface area contributed by atoms with Crippen molar-refractivity contribution in [2.75, 3.05) is 25.5 Å². The number of sulfonamides is 1. The second-order valence-electron chi connectivity index (χ2n) is 6.84. The van der Waals surface area contributed by atoms with Gasteiger partial charge in [0.1, 0.15) is 0 Å². The van der Waals surface area contributed by atoms with Gasteiger partial charge in [0.05, 0.1) is 4.90 Å². The lowest BCUT2D eigenvalue weighted by Crippen LogP contribution is -2.28. The predicted molar refractivity (Wildman–Crippen MR) is 106 cm³/mol. The minimum atomic E-state index is -3.55. The molecule has 3 rings (SSSR count). The van der Waals surface area contributed by atoms with Crippen LogP contribution in [0.25, 0.3) is 0 Å². The van der Waals surface area contributed by atoms with E-state index in [-0.39, 0.29) is 10.8 Å². The number of hydrogen-bond acceptors (Lipinski definition) is 4. The highest BCUT2D eigenvalue weighted by atomic mass is 32.2. The molecule has 6 nitrogen and oxygen atoms in total. The molecule has 0 spiro atoms. The zero-order valence-corrected chi connectivity index (χ0v) is 16.3. The van der Waals surface area contributed by atoms with Gasteiger partial charge < -0.3 is 10.2 Å². The molecule has 2 N–H and O–H groups in total. The van der Waals surface area contributed by atoms with Gasteiger partial charge in [-0.2, -0.15) is 0 Å². The standard InChI is InChI=1S/C20H25N3O3S/c1-23(15-16-6-3-2-4-7-16)13-5-12-21-27(25,26)18-9-10-19-17(14-18)8-11-20(24)22-19/h2-4,6-7,9-10,14,21H,5,8,11-13,15H2,1H3,(H,22,24). The van der Waals surface area contributed by atoms with Gasteiger partial charge in [-0.3, -0.25) is 4.79 Å². The summed E-state index contributed by atoms with van der Waals surface area (Å²) in [5, 5.41) is 2.76. The summed E-state index contributed by atoms with van der Waals surface area (Å²) in [7, 11) is -1.52. The second-order valence-corrected chi connectivity index (χ2v) is 8.61. The molecule has 1 aliphatic heterocycles. The summed E-state index contributed by atoms with van der Waals surface area (Å²) in [6.45, 7) is 2.02. The van der Waals surface area contributed by atoms with Crippen LogP contribution in [0.1, 0.15) is 24.0 Å². The van der Waals surface area contributed by atoms with E-state index in [0.29, 0.717) is 25.1 Å². The number of carbonyl (C=O) groups is 1. The Balaban J connectivity index is 1.49. The first-order valence-electron chi connectivity index (χ1n) is 9.09. The summed E-state index contributed by atoms with van der Waals surface area (Å²) < 4.78 is 27.7. The maximum absolute atomic E-state index is 12.5. The van der Waals surface area contributed by atoms with Gasteiger partial charge in [0, 0.05) is 25.2 Å². The van der Waals surface area contributed by atoms with Gasteiger partial charge in [-0.05, 0) is 55.8 Å². The number of nitrogens with zero attached hydrogens (tertiary/aromatic N) is 1. The Morgan fingerprint density at radius 1 is 1.11 bits per heavy atom. The molecule has 27 heavy (non-hydrogen) atoms. The molecule has 1 amide bonds. The fraction of sp³-hybridized carbons (Fsp3) is 0.350. The molecule has 0 aromatic heterocycles. The van der Waals surface area contributed by atoms with Crippen LogP contribution >= 0.6 is 0 Å². The molecule has 0 bridgehead atoms. The zero-order valence-electron chi connectivity index (χ0n) is 15.4. The van der Waals surface area contributed by atoms with Crippen LogP contribution in [0.3, 0.4) is 0 Å². The maximum atomic E-state index is 12.5. The zero-order chi connectivity index (χ0) is 19.3. The normalized spacial score (nSPS) is 14.1. The molecule has 0 atom stereocenters. The summed E-state index contributed by atoms with van der Waals surface area (Å²) in [5.74, 6) is -0.0316. The number of nitrogens with one attached hydrogen (secondary N) is 2. The highest BCUT2D eigenvalue weighted by Gasteiger charge is 2.19. The Morgan fingerprint density at radius 2 is 1.89 bits per heavy atom. The third-order valence-electron chi connectivity index (χ3n) is 4.59. The molecule has 0 fully saturated rings. The topological polar surface area (TPSA) is 78.5 Å². The fourth-order valence-corrected chi connectivity index (χ4v) is 4.26. The summed E-state index contributed by atoms with van der Waals surface area (Å²) in [5.41, 5.74) is 2.80. The molecule has 0 radical (unpaired) electrons. The number of anilines is 1. The average molecular weight is 388 g/mol. The Labute approximate surface area is 160 Å². The van der Waals surface area contributed by atoms with E-state index in [4.69, 9.17) is 0 Å². The van der Waals surface area contributed by atoms with Crippen LogP contribution in [0.5, 0.6) is 0 Å². The first kappa shape index (κ1) is 19.5. The Bertz CT molecular complexity index is 898. The smallest absolute Gasteiger partial charge is 0.240 e. The van der Waals surface area contributed by atoms with E-state index < -0.39 is 10.0 Å². The van der Waals surface area contributed by atoms with E-state index in [2.05, 4.69) is 27.1 Å². The van der Waals surface area contributed by atoms with Gasteiger partial charge in [0.2, 0.25) is 15.9 Å². The highest BCUT2D eigenvalue weighted by molar-refractivity contribution is 7.89. The van der Waals surface area contributed by atoms with Crippen LogP contribution in [0.15, 0.2) is 53.4 Å². The summed E-state index contributed by atoms with van der Waals surface area (Å²) in [4.78, 5) is 13.8. The molecule has 0 saturated heterocycles. The Hall–Kier alpha value is -2.22. The first-order chi connectivity index (χ1) is 12.9. The molecule has 7 heteroatoms. The lowest BCUT2D eigenvalue weighted by molar-refractivity contribution is -0.116. The number of aryl methyl sites for hydroxylation is 1. The average Bonchev–Trinajstić information content (AvgIpc) is 2.65.